The molecule has 1 heterocycles. The fourth-order valence-electron chi connectivity index (χ4n) is 2.39. The molecular formula is C18H22ClNS. The normalized spacial score (nSPS) is 12.4. The second-order valence-electron chi connectivity index (χ2n) is 5.68. The first kappa shape index (κ1) is 16.3. The van der Waals surface area contributed by atoms with Crippen molar-refractivity contribution < 1.29 is 0 Å². The summed E-state index contributed by atoms with van der Waals surface area (Å²) < 4.78 is 0. The van der Waals surface area contributed by atoms with E-state index in [1.807, 2.05) is 35.6 Å². The van der Waals surface area contributed by atoms with Crippen LogP contribution in [-0.2, 0) is 6.42 Å². The summed E-state index contributed by atoms with van der Waals surface area (Å²) in [5.41, 5.74) is 3.93. The van der Waals surface area contributed by atoms with Crippen molar-refractivity contribution in [3.8, 4) is 0 Å². The van der Waals surface area contributed by atoms with Crippen LogP contribution in [0, 0.1) is 25.2 Å². The molecule has 0 aliphatic carbocycles. The van der Waals surface area contributed by atoms with Crippen LogP contribution in [0.2, 0.25) is 5.02 Å². The van der Waals surface area contributed by atoms with Gasteiger partial charge in [-0.3, -0.25) is 5.41 Å². The molecule has 0 bridgehead atoms. The van der Waals surface area contributed by atoms with Gasteiger partial charge in [-0.25, -0.2) is 0 Å². The van der Waals surface area contributed by atoms with Gasteiger partial charge in [0, 0.05) is 25.9 Å². The topological polar surface area (TPSA) is 23.9 Å². The second-order valence-corrected chi connectivity index (χ2v) is 7.43. The highest BCUT2D eigenvalue weighted by atomic mass is 35.5. The number of aryl methyl sites for hydroxylation is 1. The Morgan fingerprint density at radius 3 is 2.43 bits per heavy atom. The summed E-state index contributed by atoms with van der Waals surface area (Å²) >= 11 is 7.79. The van der Waals surface area contributed by atoms with Crippen LogP contribution < -0.4 is 0 Å². The van der Waals surface area contributed by atoms with E-state index in [-0.39, 0.29) is 0 Å². The van der Waals surface area contributed by atoms with E-state index >= 15 is 0 Å². The molecule has 0 radical (unpaired) electrons. The van der Waals surface area contributed by atoms with E-state index in [0.717, 1.165) is 17.5 Å². The van der Waals surface area contributed by atoms with Gasteiger partial charge in [0.25, 0.3) is 0 Å². The molecule has 0 spiro atoms. The summed E-state index contributed by atoms with van der Waals surface area (Å²) in [5, 5.41) is 9.31. The van der Waals surface area contributed by atoms with E-state index in [1.54, 1.807) is 0 Å². The number of hydrogen-bond acceptors (Lipinski definition) is 2. The van der Waals surface area contributed by atoms with Crippen LogP contribution in [0.25, 0.3) is 0 Å². The number of halogens is 1. The molecule has 1 unspecified atom stereocenters. The zero-order valence-electron chi connectivity index (χ0n) is 13.1. The Balaban J connectivity index is 2.42. The molecule has 3 heteroatoms. The maximum absolute atomic E-state index is 8.60. The Labute approximate surface area is 136 Å². The summed E-state index contributed by atoms with van der Waals surface area (Å²) in [6.45, 7) is 8.78. The Morgan fingerprint density at radius 1 is 1.24 bits per heavy atom. The summed E-state index contributed by atoms with van der Waals surface area (Å²) in [5.74, 6) is 0.652. The maximum atomic E-state index is 8.60. The van der Waals surface area contributed by atoms with Gasteiger partial charge in [0.2, 0.25) is 0 Å². The van der Waals surface area contributed by atoms with Crippen molar-refractivity contribution >= 4 is 28.6 Å². The Bertz CT molecular complexity index is 640. The summed E-state index contributed by atoms with van der Waals surface area (Å²) in [6.07, 6.45) is 2.23. The molecule has 2 aromatic rings. The molecule has 1 atom stereocenters. The lowest BCUT2D eigenvalue weighted by atomic mass is 9.94. The van der Waals surface area contributed by atoms with Crippen molar-refractivity contribution in [3.63, 3.8) is 0 Å². The van der Waals surface area contributed by atoms with Crippen molar-refractivity contribution in [1.82, 2.24) is 0 Å². The third-order valence-electron chi connectivity index (χ3n) is 4.07. The predicted octanol–water partition coefficient (Wildman–Crippen LogP) is 6.02. The minimum absolute atomic E-state index is 0.617. The molecule has 0 amide bonds. The fraction of sp³-hybridized carbons (Fsp3) is 0.389. The SMILES string of the molecule is CCC(C)Cc1sc(C)c(C)c1C(=N)c1ccc(Cl)cc1. The monoisotopic (exact) mass is 319 g/mol. The van der Waals surface area contributed by atoms with Crippen LogP contribution in [0.15, 0.2) is 24.3 Å². The molecule has 0 saturated heterocycles. The lowest BCUT2D eigenvalue weighted by Crippen LogP contribution is -2.07. The lowest BCUT2D eigenvalue weighted by Gasteiger charge is -2.11. The van der Waals surface area contributed by atoms with Crippen molar-refractivity contribution in [2.24, 2.45) is 5.92 Å². The van der Waals surface area contributed by atoms with Crippen molar-refractivity contribution in [1.29, 1.82) is 5.41 Å². The molecule has 1 aromatic heterocycles. The molecule has 0 aliphatic heterocycles. The molecule has 0 aliphatic rings. The highest BCUT2D eigenvalue weighted by molar-refractivity contribution is 7.12. The standard InChI is InChI=1S/C18H22ClNS/c1-5-11(2)10-16-17(12(3)13(4)21-16)18(20)14-6-8-15(19)9-7-14/h6-9,11,20H,5,10H2,1-4H3. The van der Waals surface area contributed by atoms with Crippen LogP contribution in [0.3, 0.4) is 0 Å². The predicted molar refractivity (Wildman–Crippen MR) is 94.3 cm³/mol. The van der Waals surface area contributed by atoms with E-state index in [2.05, 4.69) is 27.7 Å². The molecule has 1 aromatic carbocycles. The van der Waals surface area contributed by atoms with Gasteiger partial charge < -0.3 is 0 Å². The van der Waals surface area contributed by atoms with Crippen LogP contribution in [0.4, 0.5) is 0 Å². The van der Waals surface area contributed by atoms with Crippen molar-refractivity contribution in [2.45, 2.75) is 40.5 Å². The first-order valence-corrected chi connectivity index (χ1v) is 8.57. The van der Waals surface area contributed by atoms with Gasteiger partial charge in [-0.1, -0.05) is 44.0 Å². The van der Waals surface area contributed by atoms with E-state index in [4.69, 9.17) is 17.0 Å². The van der Waals surface area contributed by atoms with E-state index in [1.165, 1.54) is 21.7 Å². The second kappa shape index (κ2) is 6.76. The fourth-order valence-corrected chi connectivity index (χ4v) is 3.87. The number of benzene rings is 1. The van der Waals surface area contributed by atoms with Crippen molar-refractivity contribution in [3.05, 3.63) is 55.7 Å². The van der Waals surface area contributed by atoms with Crippen molar-refractivity contribution in [2.75, 3.05) is 0 Å². The van der Waals surface area contributed by atoms with Gasteiger partial charge in [-0.15, -0.1) is 11.3 Å². The van der Waals surface area contributed by atoms with Gasteiger partial charge >= 0.3 is 0 Å². The van der Waals surface area contributed by atoms with Gasteiger partial charge in [0.15, 0.2) is 0 Å². The highest BCUT2D eigenvalue weighted by Gasteiger charge is 2.19. The maximum Gasteiger partial charge on any atom is 0.0698 e. The minimum Gasteiger partial charge on any atom is -0.300 e. The van der Waals surface area contributed by atoms with Crippen LogP contribution in [0.5, 0.6) is 0 Å². The van der Waals surface area contributed by atoms with Crippen LogP contribution >= 0.6 is 22.9 Å². The third kappa shape index (κ3) is 3.56. The van der Waals surface area contributed by atoms with Crippen LogP contribution in [0.1, 0.15) is 46.7 Å². The summed E-state index contributed by atoms with van der Waals surface area (Å²) in [4.78, 5) is 2.67. The molecule has 2 rings (SSSR count). The van der Waals surface area contributed by atoms with Gasteiger partial charge in [-0.05, 0) is 43.9 Å². The molecule has 21 heavy (non-hydrogen) atoms. The largest absolute Gasteiger partial charge is 0.300 e. The molecule has 1 nitrogen and oxygen atoms in total. The van der Waals surface area contributed by atoms with Gasteiger partial charge in [0.1, 0.15) is 0 Å². The zero-order chi connectivity index (χ0) is 15.6. The third-order valence-corrected chi connectivity index (χ3v) is 5.55. The summed E-state index contributed by atoms with van der Waals surface area (Å²) in [6, 6.07) is 7.58. The molecule has 0 saturated carbocycles. The summed E-state index contributed by atoms with van der Waals surface area (Å²) in [7, 11) is 0. The lowest BCUT2D eigenvalue weighted by molar-refractivity contribution is 0.564. The highest BCUT2D eigenvalue weighted by Crippen LogP contribution is 2.32. The van der Waals surface area contributed by atoms with Gasteiger partial charge in [0.05, 0.1) is 5.71 Å². The first-order valence-electron chi connectivity index (χ1n) is 7.37. The smallest absolute Gasteiger partial charge is 0.0698 e. The van der Waals surface area contributed by atoms with E-state index in [0.29, 0.717) is 16.7 Å². The Morgan fingerprint density at radius 2 is 1.86 bits per heavy atom. The molecule has 0 fully saturated rings. The first-order chi connectivity index (χ1) is 9.93. The van der Waals surface area contributed by atoms with E-state index in [9.17, 15) is 0 Å². The molecule has 112 valence electrons. The average molecular weight is 320 g/mol. The Kier molecular flexibility index (Phi) is 5.23. The minimum atomic E-state index is 0.617. The number of rotatable bonds is 5. The number of hydrogen-bond donors (Lipinski definition) is 1. The number of nitrogens with one attached hydrogen (secondary N) is 1. The molecular weight excluding hydrogens is 298 g/mol. The zero-order valence-corrected chi connectivity index (χ0v) is 14.7. The quantitative estimate of drug-likeness (QED) is 0.651. The van der Waals surface area contributed by atoms with E-state index < -0.39 is 0 Å². The molecule has 1 N–H and O–H groups in total. The number of thiophene rings is 1. The average Bonchev–Trinajstić information content (AvgIpc) is 2.73. The van der Waals surface area contributed by atoms with Gasteiger partial charge in [-0.2, -0.15) is 0 Å². The van der Waals surface area contributed by atoms with Crippen LogP contribution in [-0.4, -0.2) is 5.71 Å². The Hall–Kier alpha value is -1.12.